The van der Waals surface area contributed by atoms with E-state index < -0.39 is 0 Å². The number of hydrogen-bond acceptors (Lipinski definition) is 3. The molecule has 1 aliphatic rings. The van der Waals surface area contributed by atoms with Crippen LogP contribution in [0.15, 0.2) is 24.3 Å². The van der Waals surface area contributed by atoms with E-state index in [0.717, 1.165) is 23.4 Å². The summed E-state index contributed by atoms with van der Waals surface area (Å²) in [6.45, 7) is 0.926. The lowest BCUT2D eigenvalue weighted by Crippen LogP contribution is -2.28. The number of halogens is 1. The van der Waals surface area contributed by atoms with Crippen LogP contribution >= 0.6 is 11.6 Å². The van der Waals surface area contributed by atoms with E-state index in [1.807, 2.05) is 24.3 Å². The standard InChI is InChI=1S/C12H14ClNO2/c13-11-4-2-1-3-10(11)12-6-5-9(14-12)7-16-8-15/h1-4,8-9,12,14H,5-7H2. The molecule has 0 amide bonds. The van der Waals surface area contributed by atoms with Crippen LogP contribution in [-0.2, 0) is 9.53 Å². The molecule has 0 saturated carbocycles. The van der Waals surface area contributed by atoms with Crippen molar-refractivity contribution in [1.29, 1.82) is 0 Å². The Kier molecular flexibility index (Phi) is 3.80. The third-order valence-corrected chi connectivity index (χ3v) is 3.23. The number of benzene rings is 1. The second-order valence-electron chi connectivity index (χ2n) is 3.94. The Hall–Kier alpha value is -1.06. The quantitative estimate of drug-likeness (QED) is 0.820. The average molecular weight is 240 g/mol. The van der Waals surface area contributed by atoms with Crippen LogP contribution in [0.4, 0.5) is 0 Å². The fourth-order valence-electron chi connectivity index (χ4n) is 2.11. The maximum Gasteiger partial charge on any atom is 0.293 e. The number of rotatable bonds is 4. The van der Waals surface area contributed by atoms with Crippen molar-refractivity contribution in [1.82, 2.24) is 5.32 Å². The topological polar surface area (TPSA) is 38.3 Å². The summed E-state index contributed by atoms with van der Waals surface area (Å²) < 4.78 is 4.76. The normalized spacial score (nSPS) is 24.3. The maximum absolute atomic E-state index is 10.1. The largest absolute Gasteiger partial charge is 0.466 e. The van der Waals surface area contributed by atoms with Gasteiger partial charge in [0, 0.05) is 17.1 Å². The summed E-state index contributed by atoms with van der Waals surface area (Å²) >= 11 is 6.13. The van der Waals surface area contributed by atoms with Gasteiger partial charge in [-0.1, -0.05) is 29.8 Å². The molecule has 86 valence electrons. The second-order valence-corrected chi connectivity index (χ2v) is 4.35. The monoisotopic (exact) mass is 239 g/mol. The van der Waals surface area contributed by atoms with Crippen molar-refractivity contribution in [2.24, 2.45) is 0 Å². The fraction of sp³-hybridized carbons (Fsp3) is 0.417. The van der Waals surface area contributed by atoms with Crippen molar-refractivity contribution in [2.75, 3.05) is 6.61 Å². The van der Waals surface area contributed by atoms with Gasteiger partial charge < -0.3 is 10.1 Å². The Balaban J connectivity index is 1.98. The van der Waals surface area contributed by atoms with Gasteiger partial charge in [0.15, 0.2) is 0 Å². The molecule has 1 aromatic rings. The van der Waals surface area contributed by atoms with Gasteiger partial charge in [0.1, 0.15) is 6.61 Å². The smallest absolute Gasteiger partial charge is 0.293 e. The van der Waals surface area contributed by atoms with E-state index in [4.69, 9.17) is 16.3 Å². The summed E-state index contributed by atoms with van der Waals surface area (Å²) in [5.41, 5.74) is 1.12. The molecule has 0 bridgehead atoms. The van der Waals surface area contributed by atoms with Crippen LogP contribution in [0.25, 0.3) is 0 Å². The Morgan fingerprint density at radius 1 is 1.44 bits per heavy atom. The number of carbonyl (C=O) groups is 1. The molecule has 1 aromatic carbocycles. The summed E-state index contributed by atoms with van der Waals surface area (Å²) in [7, 11) is 0. The van der Waals surface area contributed by atoms with Gasteiger partial charge in [-0.15, -0.1) is 0 Å². The fourth-order valence-corrected chi connectivity index (χ4v) is 2.38. The number of nitrogens with one attached hydrogen (secondary N) is 1. The first-order valence-corrected chi connectivity index (χ1v) is 5.75. The molecule has 0 radical (unpaired) electrons. The minimum absolute atomic E-state index is 0.242. The summed E-state index contributed by atoms with van der Waals surface area (Å²) in [6, 6.07) is 8.35. The van der Waals surface area contributed by atoms with Crippen molar-refractivity contribution in [2.45, 2.75) is 24.9 Å². The zero-order chi connectivity index (χ0) is 11.4. The molecule has 1 saturated heterocycles. The van der Waals surface area contributed by atoms with Gasteiger partial charge in [-0.2, -0.15) is 0 Å². The van der Waals surface area contributed by atoms with Gasteiger partial charge in [-0.25, -0.2) is 0 Å². The maximum atomic E-state index is 10.1. The Morgan fingerprint density at radius 3 is 3.00 bits per heavy atom. The van der Waals surface area contributed by atoms with Crippen molar-refractivity contribution in [3.8, 4) is 0 Å². The molecule has 16 heavy (non-hydrogen) atoms. The zero-order valence-corrected chi connectivity index (χ0v) is 9.61. The van der Waals surface area contributed by atoms with Gasteiger partial charge in [-0.3, -0.25) is 4.79 Å². The third kappa shape index (κ3) is 2.54. The molecule has 4 heteroatoms. The van der Waals surface area contributed by atoms with Gasteiger partial charge in [-0.05, 0) is 24.5 Å². The molecule has 0 aromatic heterocycles. The molecule has 2 atom stereocenters. The number of carbonyl (C=O) groups excluding carboxylic acids is 1. The minimum Gasteiger partial charge on any atom is -0.466 e. The van der Waals surface area contributed by atoms with Crippen molar-refractivity contribution in [3.05, 3.63) is 34.9 Å². The Morgan fingerprint density at radius 2 is 2.25 bits per heavy atom. The van der Waals surface area contributed by atoms with E-state index in [-0.39, 0.29) is 12.1 Å². The lowest BCUT2D eigenvalue weighted by Gasteiger charge is -2.15. The Bertz CT molecular complexity index is 370. The molecule has 3 nitrogen and oxygen atoms in total. The molecular weight excluding hydrogens is 226 g/mol. The summed E-state index contributed by atoms with van der Waals surface area (Å²) in [5.74, 6) is 0. The zero-order valence-electron chi connectivity index (χ0n) is 8.86. The van der Waals surface area contributed by atoms with Crippen molar-refractivity contribution < 1.29 is 9.53 Å². The number of hydrogen-bond donors (Lipinski definition) is 1. The van der Waals surface area contributed by atoms with Gasteiger partial charge in [0.05, 0.1) is 0 Å². The van der Waals surface area contributed by atoms with Crippen LogP contribution in [0.5, 0.6) is 0 Å². The highest BCUT2D eigenvalue weighted by atomic mass is 35.5. The molecule has 1 N–H and O–H groups in total. The van der Waals surface area contributed by atoms with Crippen molar-refractivity contribution in [3.63, 3.8) is 0 Å². The van der Waals surface area contributed by atoms with Crippen LogP contribution in [0.1, 0.15) is 24.4 Å². The first-order chi connectivity index (χ1) is 7.81. The van der Waals surface area contributed by atoms with Crippen LogP contribution in [-0.4, -0.2) is 19.1 Å². The average Bonchev–Trinajstić information content (AvgIpc) is 2.75. The van der Waals surface area contributed by atoms with Gasteiger partial charge in [0.2, 0.25) is 0 Å². The van der Waals surface area contributed by atoms with E-state index in [9.17, 15) is 4.79 Å². The predicted octanol–water partition coefficient (Wildman–Crippen LogP) is 2.31. The molecule has 2 rings (SSSR count). The first-order valence-electron chi connectivity index (χ1n) is 5.37. The lowest BCUT2D eigenvalue weighted by atomic mass is 10.1. The summed E-state index contributed by atoms with van der Waals surface area (Å²) in [5, 5.41) is 4.20. The van der Waals surface area contributed by atoms with Gasteiger partial charge in [0.25, 0.3) is 6.47 Å². The molecule has 2 unspecified atom stereocenters. The van der Waals surface area contributed by atoms with E-state index in [0.29, 0.717) is 13.1 Å². The first kappa shape index (κ1) is 11.4. The van der Waals surface area contributed by atoms with Crippen LogP contribution < -0.4 is 5.32 Å². The third-order valence-electron chi connectivity index (χ3n) is 2.89. The molecule has 1 heterocycles. The summed E-state index contributed by atoms with van der Waals surface area (Å²) in [4.78, 5) is 10.1. The highest BCUT2D eigenvalue weighted by Crippen LogP contribution is 2.31. The highest BCUT2D eigenvalue weighted by Gasteiger charge is 2.26. The molecular formula is C12H14ClNO2. The van der Waals surface area contributed by atoms with Crippen molar-refractivity contribution >= 4 is 18.1 Å². The van der Waals surface area contributed by atoms with Crippen LogP contribution in [0, 0.1) is 0 Å². The minimum atomic E-state index is 0.242. The molecule has 0 spiro atoms. The van der Waals surface area contributed by atoms with Gasteiger partial charge >= 0.3 is 0 Å². The number of ether oxygens (including phenoxy) is 1. The summed E-state index contributed by atoms with van der Waals surface area (Å²) in [6.07, 6.45) is 2.03. The van der Waals surface area contributed by atoms with E-state index >= 15 is 0 Å². The van der Waals surface area contributed by atoms with Crippen LogP contribution in [0.3, 0.4) is 0 Å². The molecule has 1 fully saturated rings. The van der Waals surface area contributed by atoms with Crippen LogP contribution in [0.2, 0.25) is 5.02 Å². The van der Waals surface area contributed by atoms with E-state index in [1.165, 1.54) is 0 Å². The SMILES string of the molecule is O=COCC1CCC(c2ccccc2Cl)N1. The molecule has 0 aliphatic carbocycles. The predicted molar refractivity (Wildman–Crippen MR) is 62.4 cm³/mol. The molecule has 1 aliphatic heterocycles. The van der Waals surface area contributed by atoms with E-state index in [1.54, 1.807) is 0 Å². The second kappa shape index (κ2) is 5.32. The Labute approximate surface area is 99.7 Å². The highest BCUT2D eigenvalue weighted by molar-refractivity contribution is 6.31. The lowest BCUT2D eigenvalue weighted by molar-refractivity contribution is -0.129. The van der Waals surface area contributed by atoms with E-state index in [2.05, 4.69) is 5.32 Å².